The smallest absolute Gasteiger partial charge is 0.146 e. The van der Waals surface area contributed by atoms with Crippen LogP contribution in [-0.4, -0.2) is 5.11 Å². The molecule has 2 rings (SSSR count). The van der Waals surface area contributed by atoms with Crippen LogP contribution in [-0.2, 0) is 0 Å². The van der Waals surface area contributed by atoms with E-state index in [4.69, 9.17) is 39.5 Å². The van der Waals surface area contributed by atoms with Gasteiger partial charge in [0.15, 0.2) is 0 Å². The Hall–Kier alpha value is -0.930. The van der Waals surface area contributed by atoms with Crippen molar-refractivity contribution in [3.63, 3.8) is 0 Å². The van der Waals surface area contributed by atoms with Crippen LogP contribution in [0.2, 0.25) is 15.1 Å². The van der Waals surface area contributed by atoms with Gasteiger partial charge in [-0.2, -0.15) is 0 Å². The Labute approximate surface area is 126 Å². The third-order valence-electron chi connectivity index (χ3n) is 2.55. The van der Waals surface area contributed by atoms with Crippen molar-refractivity contribution in [3.8, 4) is 11.5 Å². The highest BCUT2D eigenvalue weighted by Gasteiger charge is 2.09. The largest absolute Gasteiger partial charge is 0.454 e. The molecule has 0 aliphatic heterocycles. The summed E-state index contributed by atoms with van der Waals surface area (Å²) in [6.07, 6.45) is -0.578. The first-order valence-electron chi connectivity index (χ1n) is 5.58. The monoisotopic (exact) mass is 316 g/mol. The van der Waals surface area contributed by atoms with Crippen LogP contribution in [0.25, 0.3) is 0 Å². The first-order valence-corrected chi connectivity index (χ1v) is 6.71. The second kappa shape index (κ2) is 6.02. The molecule has 100 valence electrons. The van der Waals surface area contributed by atoms with Gasteiger partial charge in [0.05, 0.1) is 16.1 Å². The Bertz CT molecular complexity index is 597. The molecule has 2 aromatic carbocycles. The predicted molar refractivity (Wildman–Crippen MR) is 78.6 cm³/mol. The lowest BCUT2D eigenvalue weighted by Crippen LogP contribution is -1.92. The minimum Gasteiger partial charge on any atom is -0.454 e. The molecule has 0 spiro atoms. The second-order valence-corrected chi connectivity index (χ2v) is 5.29. The van der Waals surface area contributed by atoms with Gasteiger partial charge in [-0.3, -0.25) is 0 Å². The maximum atomic E-state index is 9.47. The summed E-state index contributed by atoms with van der Waals surface area (Å²) in [4.78, 5) is 0. The molecule has 0 bridgehead atoms. The van der Waals surface area contributed by atoms with Crippen LogP contribution in [0.4, 0.5) is 0 Å². The van der Waals surface area contributed by atoms with Crippen molar-refractivity contribution >= 4 is 34.8 Å². The first kappa shape index (κ1) is 14.5. The Morgan fingerprint density at radius 3 is 2.05 bits per heavy atom. The van der Waals surface area contributed by atoms with Gasteiger partial charge in [0, 0.05) is 5.02 Å². The summed E-state index contributed by atoms with van der Waals surface area (Å²) in [5.74, 6) is 0.938. The summed E-state index contributed by atoms with van der Waals surface area (Å²) in [6.45, 7) is 1.67. The molecule has 0 heterocycles. The number of hydrogen-bond acceptors (Lipinski definition) is 2. The third kappa shape index (κ3) is 3.54. The fourth-order valence-electron chi connectivity index (χ4n) is 1.54. The highest BCUT2D eigenvalue weighted by Crippen LogP contribution is 2.35. The first-order chi connectivity index (χ1) is 8.97. The minimum absolute atomic E-state index is 0.406. The van der Waals surface area contributed by atoms with E-state index in [1.807, 2.05) is 0 Å². The van der Waals surface area contributed by atoms with Crippen LogP contribution in [0.15, 0.2) is 36.4 Å². The molecule has 0 aliphatic carbocycles. The molecule has 0 fully saturated rings. The summed E-state index contributed by atoms with van der Waals surface area (Å²) >= 11 is 17.9. The number of aliphatic hydroxyl groups is 1. The van der Waals surface area contributed by atoms with Gasteiger partial charge >= 0.3 is 0 Å². The van der Waals surface area contributed by atoms with Crippen LogP contribution in [0.5, 0.6) is 11.5 Å². The van der Waals surface area contributed by atoms with Crippen molar-refractivity contribution in [1.29, 1.82) is 0 Å². The van der Waals surface area contributed by atoms with E-state index >= 15 is 0 Å². The van der Waals surface area contributed by atoms with Gasteiger partial charge in [-0.25, -0.2) is 0 Å². The standard InChI is InChI=1S/C14H11Cl3O2/c1-8(18)9-2-4-13(11(16)6-9)19-14-5-3-10(15)7-12(14)17/h2-8,18H,1H3/t8-/m1/s1. The molecule has 1 N–H and O–H groups in total. The SMILES string of the molecule is C[C@@H](O)c1ccc(Oc2ccc(Cl)cc2Cl)c(Cl)c1. The van der Waals surface area contributed by atoms with Crippen molar-refractivity contribution in [2.24, 2.45) is 0 Å². The van der Waals surface area contributed by atoms with Crippen molar-refractivity contribution in [3.05, 3.63) is 57.0 Å². The Balaban J connectivity index is 2.28. The molecule has 0 saturated carbocycles. The van der Waals surface area contributed by atoms with Gasteiger partial charge in [-0.1, -0.05) is 40.9 Å². The zero-order chi connectivity index (χ0) is 14.0. The second-order valence-electron chi connectivity index (χ2n) is 4.04. The maximum Gasteiger partial charge on any atom is 0.146 e. The quantitative estimate of drug-likeness (QED) is 0.810. The summed E-state index contributed by atoms with van der Waals surface area (Å²) in [7, 11) is 0. The fraction of sp³-hybridized carbons (Fsp3) is 0.143. The van der Waals surface area contributed by atoms with E-state index in [1.54, 1.807) is 43.3 Å². The lowest BCUT2D eigenvalue weighted by molar-refractivity contribution is 0.199. The van der Waals surface area contributed by atoms with Crippen molar-refractivity contribution < 1.29 is 9.84 Å². The third-order valence-corrected chi connectivity index (χ3v) is 3.38. The Morgan fingerprint density at radius 2 is 1.53 bits per heavy atom. The number of benzene rings is 2. The van der Waals surface area contributed by atoms with E-state index in [0.29, 0.717) is 26.6 Å². The van der Waals surface area contributed by atoms with Crippen LogP contribution in [0.3, 0.4) is 0 Å². The number of ether oxygens (including phenoxy) is 1. The average molecular weight is 318 g/mol. The number of rotatable bonds is 3. The molecule has 0 unspecified atom stereocenters. The van der Waals surface area contributed by atoms with E-state index in [2.05, 4.69) is 0 Å². The lowest BCUT2D eigenvalue weighted by Gasteiger charge is -2.11. The average Bonchev–Trinajstić information content (AvgIpc) is 2.34. The molecule has 2 nitrogen and oxygen atoms in total. The molecule has 0 saturated heterocycles. The Morgan fingerprint density at radius 1 is 0.947 bits per heavy atom. The molecular formula is C14H11Cl3O2. The molecule has 1 atom stereocenters. The van der Waals surface area contributed by atoms with E-state index in [9.17, 15) is 5.11 Å². The molecular weight excluding hydrogens is 307 g/mol. The highest BCUT2D eigenvalue weighted by molar-refractivity contribution is 6.35. The van der Waals surface area contributed by atoms with Gasteiger partial charge in [0.1, 0.15) is 11.5 Å². The van der Waals surface area contributed by atoms with Gasteiger partial charge in [0.25, 0.3) is 0 Å². The van der Waals surface area contributed by atoms with Crippen molar-refractivity contribution in [2.75, 3.05) is 0 Å². The van der Waals surface area contributed by atoms with Crippen LogP contribution in [0.1, 0.15) is 18.6 Å². The zero-order valence-electron chi connectivity index (χ0n) is 10.0. The van der Waals surface area contributed by atoms with Crippen LogP contribution < -0.4 is 4.74 Å². The van der Waals surface area contributed by atoms with E-state index in [-0.39, 0.29) is 0 Å². The molecule has 0 amide bonds. The van der Waals surface area contributed by atoms with Crippen LogP contribution in [0, 0.1) is 0 Å². The van der Waals surface area contributed by atoms with E-state index in [1.165, 1.54) is 0 Å². The van der Waals surface area contributed by atoms with Crippen LogP contribution >= 0.6 is 34.8 Å². The normalized spacial score (nSPS) is 12.3. The number of hydrogen-bond donors (Lipinski definition) is 1. The van der Waals surface area contributed by atoms with E-state index in [0.717, 1.165) is 5.56 Å². The Kier molecular flexibility index (Phi) is 4.58. The highest BCUT2D eigenvalue weighted by atomic mass is 35.5. The summed E-state index contributed by atoms with van der Waals surface area (Å²) in [5, 5.41) is 10.8. The number of halogens is 3. The lowest BCUT2D eigenvalue weighted by atomic mass is 10.1. The van der Waals surface area contributed by atoms with Gasteiger partial charge in [-0.15, -0.1) is 0 Å². The van der Waals surface area contributed by atoms with Crippen molar-refractivity contribution in [1.82, 2.24) is 0 Å². The predicted octanol–water partition coefficient (Wildman–Crippen LogP) is 5.49. The van der Waals surface area contributed by atoms with Crippen molar-refractivity contribution in [2.45, 2.75) is 13.0 Å². The van der Waals surface area contributed by atoms with Gasteiger partial charge in [-0.05, 0) is 42.8 Å². The molecule has 5 heteroatoms. The zero-order valence-corrected chi connectivity index (χ0v) is 12.3. The summed E-state index contributed by atoms with van der Waals surface area (Å²) in [5.41, 5.74) is 0.722. The minimum atomic E-state index is -0.578. The molecule has 0 aliphatic rings. The van der Waals surface area contributed by atoms with Gasteiger partial charge < -0.3 is 9.84 Å². The fourth-order valence-corrected chi connectivity index (χ4v) is 2.21. The van der Waals surface area contributed by atoms with Gasteiger partial charge in [0.2, 0.25) is 0 Å². The summed E-state index contributed by atoms with van der Waals surface area (Å²) < 4.78 is 5.63. The molecule has 19 heavy (non-hydrogen) atoms. The molecule has 2 aromatic rings. The maximum absolute atomic E-state index is 9.47. The van der Waals surface area contributed by atoms with E-state index < -0.39 is 6.10 Å². The molecule has 0 radical (unpaired) electrons. The summed E-state index contributed by atoms with van der Waals surface area (Å²) in [6, 6.07) is 10.0. The molecule has 0 aromatic heterocycles. The topological polar surface area (TPSA) is 29.5 Å². The number of aliphatic hydroxyl groups excluding tert-OH is 1.